The highest BCUT2D eigenvalue weighted by Crippen LogP contribution is 2.17. The number of hydrogen-bond acceptors (Lipinski definition) is 7. The summed E-state index contributed by atoms with van der Waals surface area (Å²) in [6, 6.07) is 12.1. The molecule has 0 saturated heterocycles. The van der Waals surface area contributed by atoms with E-state index in [0.717, 1.165) is 11.3 Å². The van der Waals surface area contributed by atoms with Crippen molar-refractivity contribution >= 4 is 21.9 Å². The minimum Gasteiger partial charge on any atom is -0.494 e. The third-order valence-corrected chi connectivity index (χ3v) is 5.75. The first-order chi connectivity index (χ1) is 15.2. The van der Waals surface area contributed by atoms with E-state index < -0.39 is 34.5 Å². The zero-order chi connectivity index (χ0) is 23.6. The van der Waals surface area contributed by atoms with Gasteiger partial charge < -0.3 is 19.5 Å². The maximum Gasteiger partial charge on any atom is 0.324 e. The first-order valence-electron chi connectivity index (χ1n) is 10.1. The van der Waals surface area contributed by atoms with E-state index in [1.807, 2.05) is 13.8 Å². The predicted octanol–water partition coefficient (Wildman–Crippen LogP) is 1.80. The van der Waals surface area contributed by atoms with Crippen LogP contribution in [0.5, 0.6) is 11.5 Å². The maximum absolute atomic E-state index is 12.3. The van der Waals surface area contributed by atoms with Crippen LogP contribution >= 0.6 is 0 Å². The molecule has 174 valence electrons. The van der Waals surface area contributed by atoms with Crippen molar-refractivity contribution in [3.8, 4) is 11.5 Å². The fourth-order valence-corrected chi connectivity index (χ4v) is 3.73. The molecule has 0 radical (unpaired) electrons. The molecule has 0 heterocycles. The van der Waals surface area contributed by atoms with Gasteiger partial charge in [-0.25, -0.2) is 8.42 Å². The van der Waals surface area contributed by atoms with Crippen LogP contribution in [0.1, 0.15) is 19.4 Å². The first-order valence-corrected chi connectivity index (χ1v) is 11.6. The standard InChI is InChI=1S/C22H28N2O7S/c1-4-29-18-7-9-19(10-8-18)30-14-13-23-21(25)15-31-22(26)17(3)24-32(27,28)20-11-5-16(2)6-12-20/h5-12,17,24H,4,13-15H2,1-3H3,(H,23,25)/t17-/m0/s1. The summed E-state index contributed by atoms with van der Waals surface area (Å²) >= 11 is 0. The summed E-state index contributed by atoms with van der Waals surface area (Å²) in [5.41, 5.74) is 0.910. The minimum absolute atomic E-state index is 0.0352. The van der Waals surface area contributed by atoms with Gasteiger partial charge >= 0.3 is 5.97 Å². The quantitative estimate of drug-likeness (QED) is 0.363. The van der Waals surface area contributed by atoms with Crippen LogP contribution in [0.15, 0.2) is 53.4 Å². The van der Waals surface area contributed by atoms with E-state index in [2.05, 4.69) is 10.0 Å². The van der Waals surface area contributed by atoms with Crippen molar-refractivity contribution in [3.05, 3.63) is 54.1 Å². The number of carbonyl (C=O) groups excluding carboxylic acids is 2. The van der Waals surface area contributed by atoms with E-state index in [1.54, 1.807) is 36.4 Å². The summed E-state index contributed by atoms with van der Waals surface area (Å²) in [7, 11) is -3.89. The molecule has 9 nitrogen and oxygen atoms in total. The van der Waals surface area contributed by atoms with Crippen LogP contribution in [0.3, 0.4) is 0 Å². The van der Waals surface area contributed by atoms with Crippen molar-refractivity contribution in [2.24, 2.45) is 0 Å². The fraction of sp³-hybridized carbons (Fsp3) is 0.364. The van der Waals surface area contributed by atoms with E-state index >= 15 is 0 Å². The average Bonchev–Trinajstić information content (AvgIpc) is 2.76. The molecule has 10 heteroatoms. The molecule has 0 aliphatic heterocycles. The first kappa shape index (κ1) is 25.2. The van der Waals surface area contributed by atoms with Gasteiger partial charge in [0, 0.05) is 0 Å². The Hall–Kier alpha value is -3.11. The molecule has 0 fully saturated rings. The van der Waals surface area contributed by atoms with E-state index in [1.165, 1.54) is 19.1 Å². The van der Waals surface area contributed by atoms with E-state index in [9.17, 15) is 18.0 Å². The van der Waals surface area contributed by atoms with Gasteiger partial charge in [-0.2, -0.15) is 4.72 Å². The molecule has 0 aliphatic rings. The third kappa shape index (κ3) is 8.20. The van der Waals surface area contributed by atoms with Crippen LogP contribution in [0.25, 0.3) is 0 Å². The van der Waals surface area contributed by atoms with Crippen LogP contribution in [0.4, 0.5) is 0 Å². The third-order valence-electron chi connectivity index (χ3n) is 4.19. The second-order valence-corrected chi connectivity index (χ2v) is 8.58. The number of nitrogens with one attached hydrogen (secondary N) is 2. The van der Waals surface area contributed by atoms with Crippen molar-refractivity contribution in [2.45, 2.75) is 31.7 Å². The molecule has 1 amide bonds. The molecule has 0 aromatic heterocycles. The lowest BCUT2D eigenvalue weighted by molar-refractivity contribution is -0.149. The van der Waals surface area contributed by atoms with Gasteiger partial charge in [-0.15, -0.1) is 0 Å². The summed E-state index contributed by atoms with van der Waals surface area (Å²) < 4.78 is 42.6. The molecule has 0 spiro atoms. The van der Waals surface area contributed by atoms with E-state index in [4.69, 9.17) is 14.2 Å². The van der Waals surface area contributed by atoms with Crippen molar-refractivity contribution in [2.75, 3.05) is 26.4 Å². The zero-order valence-electron chi connectivity index (χ0n) is 18.3. The molecule has 0 bridgehead atoms. The number of amides is 1. The number of sulfonamides is 1. The molecular formula is C22H28N2O7S. The second-order valence-electron chi connectivity index (χ2n) is 6.87. The van der Waals surface area contributed by atoms with Gasteiger partial charge in [0.05, 0.1) is 18.0 Å². The second kappa shape index (κ2) is 12.1. The fourth-order valence-electron chi connectivity index (χ4n) is 2.54. The summed E-state index contributed by atoms with van der Waals surface area (Å²) in [6.45, 7) is 5.55. The number of ether oxygens (including phenoxy) is 3. The molecule has 0 saturated carbocycles. The SMILES string of the molecule is CCOc1ccc(OCCNC(=O)COC(=O)[C@H](C)NS(=O)(=O)c2ccc(C)cc2)cc1. The van der Waals surface area contributed by atoms with Crippen molar-refractivity contribution < 1.29 is 32.2 Å². The summed E-state index contributed by atoms with van der Waals surface area (Å²) in [4.78, 5) is 23.9. The molecule has 2 aromatic rings. The Bertz CT molecular complexity index is 990. The van der Waals surface area contributed by atoms with Gasteiger partial charge in [0.25, 0.3) is 5.91 Å². The molecule has 1 atom stereocenters. The number of aryl methyl sites for hydroxylation is 1. The van der Waals surface area contributed by atoms with Gasteiger partial charge in [-0.3, -0.25) is 9.59 Å². The van der Waals surface area contributed by atoms with Gasteiger partial charge in [0.1, 0.15) is 24.1 Å². The highest BCUT2D eigenvalue weighted by Gasteiger charge is 2.23. The highest BCUT2D eigenvalue weighted by atomic mass is 32.2. The normalized spacial score (nSPS) is 12.0. The molecule has 0 aliphatic carbocycles. The lowest BCUT2D eigenvalue weighted by Gasteiger charge is -2.14. The predicted molar refractivity (Wildman–Crippen MR) is 118 cm³/mol. The van der Waals surface area contributed by atoms with Crippen LogP contribution in [0.2, 0.25) is 0 Å². The Balaban J connectivity index is 1.68. The Kier molecular flexibility index (Phi) is 9.48. The Morgan fingerprint density at radius 3 is 2.16 bits per heavy atom. The molecule has 2 aromatic carbocycles. The Morgan fingerprint density at radius 2 is 1.56 bits per heavy atom. The number of carbonyl (C=O) groups is 2. The highest BCUT2D eigenvalue weighted by molar-refractivity contribution is 7.89. The van der Waals surface area contributed by atoms with Crippen molar-refractivity contribution in [3.63, 3.8) is 0 Å². The number of hydrogen-bond donors (Lipinski definition) is 2. The minimum atomic E-state index is -3.89. The molecule has 0 unspecified atom stereocenters. The monoisotopic (exact) mass is 464 g/mol. The van der Waals surface area contributed by atoms with Crippen LogP contribution in [0, 0.1) is 6.92 Å². The van der Waals surface area contributed by atoms with E-state index in [0.29, 0.717) is 12.4 Å². The van der Waals surface area contributed by atoms with Gasteiger partial charge in [-0.1, -0.05) is 17.7 Å². The van der Waals surface area contributed by atoms with Crippen LogP contribution < -0.4 is 19.5 Å². The zero-order valence-corrected chi connectivity index (χ0v) is 19.1. The molecule has 32 heavy (non-hydrogen) atoms. The number of rotatable bonds is 12. The molecule has 2 N–H and O–H groups in total. The lowest BCUT2D eigenvalue weighted by atomic mass is 10.2. The van der Waals surface area contributed by atoms with Crippen molar-refractivity contribution in [1.82, 2.24) is 10.0 Å². The van der Waals surface area contributed by atoms with Gasteiger partial charge in [-0.05, 0) is 57.2 Å². The van der Waals surface area contributed by atoms with E-state index in [-0.39, 0.29) is 18.0 Å². The lowest BCUT2D eigenvalue weighted by Crippen LogP contribution is -2.41. The average molecular weight is 465 g/mol. The number of esters is 1. The van der Waals surface area contributed by atoms with Crippen LogP contribution in [-0.4, -0.2) is 52.7 Å². The topological polar surface area (TPSA) is 120 Å². The van der Waals surface area contributed by atoms with Crippen molar-refractivity contribution in [1.29, 1.82) is 0 Å². The Labute approximate surface area is 188 Å². The van der Waals surface area contributed by atoms with Gasteiger partial charge in [0.15, 0.2) is 6.61 Å². The smallest absolute Gasteiger partial charge is 0.324 e. The molecular weight excluding hydrogens is 436 g/mol. The summed E-state index contributed by atoms with van der Waals surface area (Å²) in [5, 5.41) is 2.55. The largest absolute Gasteiger partial charge is 0.494 e. The maximum atomic E-state index is 12.3. The Morgan fingerprint density at radius 1 is 0.969 bits per heavy atom. The van der Waals surface area contributed by atoms with Gasteiger partial charge in [0.2, 0.25) is 10.0 Å². The summed E-state index contributed by atoms with van der Waals surface area (Å²) in [6.07, 6.45) is 0. The van der Waals surface area contributed by atoms with Crippen LogP contribution in [-0.2, 0) is 24.3 Å². The molecule has 2 rings (SSSR count). The summed E-state index contributed by atoms with van der Waals surface area (Å²) in [5.74, 6) is -0.0159. The number of benzene rings is 2.